The van der Waals surface area contributed by atoms with E-state index in [4.69, 9.17) is 9.97 Å². The molecule has 0 radical (unpaired) electrons. The quantitative estimate of drug-likeness (QED) is 0.176. The molecule has 0 spiro atoms. The van der Waals surface area contributed by atoms with E-state index in [-0.39, 0.29) is 21.7 Å². The number of rotatable bonds is 0. The largest absolute Gasteiger partial charge is 0.236 e. The molecule has 0 atom stereocenters. The van der Waals surface area contributed by atoms with E-state index >= 15 is 0 Å². The molecule has 0 N–H and O–H groups in total. The monoisotopic (exact) mass is 548 g/mol. The molecule has 5 aromatic carbocycles. The summed E-state index contributed by atoms with van der Waals surface area (Å²) in [5.74, 6) is 0.936. The Hall–Kier alpha value is -3.78. The first-order chi connectivity index (χ1) is 19.6. The van der Waals surface area contributed by atoms with E-state index in [0.29, 0.717) is 0 Å². The Morgan fingerprint density at radius 1 is 0.548 bits per heavy atom. The van der Waals surface area contributed by atoms with Gasteiger partial charge in [-0.3, -0.25) is 0 Å². The summed E-state index contributed by atoms with van der Waals surface area (Å²) in [6.07, 6.45) is 0. The van der Waals surface area contributed by atoms with E-state index in [1.165, 1.54) is 77.0 Å². The van der Waals surface area contributed by atoms with Crippen LogP contribution < -0.4 is 0 Å². The lowest BCUT2D eigenvalue weighted by Crippen LogP contribution is -2.26. The van der Waals surface area contributed by atoms with Crippen LogP contribution >= 0.6 is 0 Å². The van der Waals surface area contributed by atoms with Crippen molar-refractivity contribution in [1.82, 2.24) is 9.97 Å². The maximum Gasteiger partial charge on any atom is 0.134 e. The van der Waals surface area contributed by atoms with E-state index in [1.54, 1.807) is 0 Å². The highest BCUT2D eigenvalue weighted by atomic mass is 14.9. The molecule has 2 nitrogen and oxygen atoms in total. The van der Waals surface area contributed by atoms with Crippen LogP contribution in [-0.2, 0) is 21.7 Å². The van der Waals surface area contributed by atoms with Gasteiger partial charge in [-0.05, 0) is 77.8 Å². The number of hydrogen-bond acceptors (Lipinski definition) is 2. The standard InChI is InChI=1S/C40H40N2/c1-37(2,3)34-33-32-25-18-16-21-19-27-31(23-13-11-12-14-26(23)39(27,7)8)24-17-15-22(30(25)29(21)24)20-28(32)40(9,10)35(33)42-36(41-34)38(4,5)6/h11-20H,1-10H3. The van der Waals surface area contributed by atoms with Gasteiger partial charge in [0.05, 0.1) is 11.4 Å². The van der Waals surface area contributed by atoms with Crippen LogP contribution in [0.3, 0.4) is 0 Å². The van der Waals surface area contributed by atoms with Crippen LogP contribution in [0.15, 0.2) is 60.7 Å². The van der Waals surface area contributed by atoms with Gasteiger partial charge in [0.1, 0.15) is 5.82 Å². The lowest BCUT2D eigenvalue weighted by Gasteiger charge is -2.28. The zero-order chi connectivity index (χ0) is 29.7. The smallest absolute Gasteiger partial charge is 0.134 e. The van der Waals surface area contributed by atoms with E-state index in [1.807, 2.05) is 0 Å². The van der Waals surface area contributed by atoms with Crippen molar-refractivity contribution in [2.45, 2.75) is 90.9 Å². The SMILES string of the molecule is CC(C)(C)c1nc(C(C)(C)C)c2c(n1)C(C)(C)c1cc3ccc4c5c(cc6ccc(c1-2)c3c64)C(C)(C)c1ccccc1-5. The fourth-order valence-corrected chi connectivity index (χ4v) is 8.04. The molecular weight excluding hydrogens is 508 g/mol. The Labute approximate surface area is 249 Å². The summed E-state index contributed by atoms with van der Waals surface area (Å²) in [6, 6.07) is 23.5. The molecule has 0 fully saturated rings. The normalized spacial score (nSPS) is 16.7. The Bertz CT molecular complexity index is 2140. The van der Waals surface area contributed by atoms with Gasteiger partial charge in [-0.15, -0.1) is 0 Å². The van der Waals surface area contributed by atoms with Crippen LogP contribution in [0.5, 0.6) is 0 Å². The predicted molar refractivity (Wildman–Crippen MR) is 178 cm³/mol. The summed E-state index contributed by atoms with van der Waals surface area (Å²) in [5.41, 5.74) is 11.4. The third-order valence-electron chi connectivity index (χ3n) is 10.3. The molecule has 2 aliphatic carbocycles. The Balaban J connectivity index is 1.54. The summed E-state index contributed by atoms with van der Waals surface area (Å²) in [4.78, 5) is 10.7. The van der Waals surface area contributed by atoms with Crippen molar-refractivity contribution < 1.29 is 0 Å². The average molecular weight is 549 g/mol. The van der Waals surface area contributed by atoms with Crippen LogP contribution in [0.1, 0.15) is 103 Å². The van der Waals surface area contributed by atoms with Crippen molar-refractivity contribution in [3.63, 3.8) is 0 Å². The molecule has 1 heterocycles. The van der Waals surface area contributed by atoms with Crippen molar-refractivity contribution >= 4 is 32.3 Å². The minimum atomic E-state index is -0.220. The van der Waals surface area contributed by atoms with E-state index in [2.05, 4.69) is 130 Å². The maximum absolute atomic E-state index is 5.36. The predicted octanol–water partition coefficient (Wildman–Crippen LogP) is 10.6. The minimum Gasteiger partial charge on any atom is -0.236 e. The van der Waals surface area contributed by atoms with Gasteiger partial charge in [0, 0.05) is 27.2 Å². The summed E-state index contributed by atoms with van der Waals surface area (Å²) >= 11 is 0. The average Bonchev–Trinajstić information content (AvgIpc) is 3.29. The van der Waals surface area contributed by atoms with Crippen molar-refractivity contribution in [1.29, 1.82) is 0 Å². The zero-order valence-corrected chi connectivity index (χ0v) is 26.7. The molecule has 1 aromatic heterocycles. The summed E-state index contributed by atoms with van der Waals surface area (Å²) in [6.45, 7) is 23.0. The molecule has 210 valence electrons. The molecule has 42 heavy (non-hydrogen) atoms. The van der Waals surface area contributed by atoms with Gasteiger partial charge < -0.3 is 0 Å². The second-order valence-corrected chi connectivity index (χ2v) is 15.9. The number of fused-ring (bicyclic) bond motifs is 8. The van der Waals surface area contributed by atoms with Crippen LogP contribution in [0.2, 0.25) is 0 Å². The topological polar surface area (TPSA) is 25.8 Å². The molecule has 0 saturated carbocycles. The van der Waals surface area contributed by atoms with Gasteiger partial charge in [0.15, 0.2) is 0 Å². The van der Waals surface area contributed by atoms with E-state index < -0.39 is 0 Å². The zero-order valence-electron chi connectivity index (χ0n) is 26.7. The summed E-state index contributed by atoms with van der Waals surface area (Å²) in [5, 5.41) is 8.10. The Kier molecular flexibility index (Phi) is 4.68. The highest BCUT2D eigenvalue weighted by Crippen LogP contribution is 2.57. The highest BCUT2D eigenvalue weighted by Gasteiger charge is 2.44. The fourth-order valence-electron chi connectivity index (χ4n) is 8.04. The molecule has 0 unspecified atom stereocenters. The minimum absolute atomic E-state index is 0.0235. The Morgan fingerprint density at radius 2 is 1.12 bits per heavy atom. The van der Waals surface area contributed by atoms with Crippen LogP contribution in [-0.4, -0.2) is 9.97 Å². The second-order valence-electron chi connectivity index (χ2n) is 15.9. The number of aromatic nitrogens is 2. The van der Waals surface area contributed by atoms with Gasteiger partial charge >= 0.3 is 0 Å². The Morgan fingerprint density at radius 3 is 1.71 bits per heavy atom. The second kappa shape index (κ2) is 7.59. The molecular formula is C40H40N2. The van der Waals surface area contributed by atoms with Gasteiger partial charge in [-0.1, -0.05) is 118 Å². The maximum atomic E-state index is 5.36. The first-order valence-electron chi connectivity index (χ1n) is 15.4. The van der Waals surface area contributed by atoms with Crippen molar-refractivity contribution in [3.05, 3.63) is 94.6 Å². The molecule has 2 heteroatoms. The van der Waals surface area contributed by atoms with Crippen LogP contribution in [0.25, 0.3) is 54.6 Å². The lowest BCUT2D eigenvalue weighted by atomic mass is 9.79. The van der Waals surface area contributed by atoms with Crippen molar-refractivity contribution in [3.8, 4) is 22.3 Å². The third-order valence-corrected chi connectivity index (χ3v) is 10.3. The highest BCUT2D eigenvalue weighted by molar-refractivity contribution is 6.29. The van der Waals surface area contributed by atoms with Crippen molar-refractivity contribution in [2.75, 3.05) is 0 Å². The summed E-state index contributed by atoms with van der Waals surface area (Å²) in [7, 11) is 0. The first kappa shape index (κ1) is 25.9. The molecule has 2 aliphatic rings. The number of benzene rings is 5. The lowest BCUT2D eigenvalue weighted by molar-refractivity contribution is 0.503. The van der Waals surface area contributed by atoms with Gasteiger partial charge in [0.25, 0.3) is 0 Å². The molecule has 6 aromatic rings. The molecule has 0 bridgehead atoms. The number of hydrogen-bond donors (Lipinski definition) is 0. The fraction of sp³-hybridized carbons (Fsp3) is 0.350. The van der Waals surface area contributed by atoms with Crippen molar-refractivity contribution in [2.24, 2.45) is 0 Å². The third kappa shape index (κ3) is 3.06. The van der Waals surface area contributed by atoms with Gasteiger partial charge in [-0.25, -0.2) is 9.97 Å². The molecule has 0 aliphatic heterocycles. The molecule has 0 saturated heterocycles. The van der Waals surface area contributed by atoms with Gasteiger partial charge in [0.2, 0.25) is 0 Å². The first-order valence-corrected chi connectivity index (χ1v) is 15.4. The number of nitrogens with zero attached hydrogens (tertiary/aromatic N) is 2. The van der Waals surface area contributed by atoms with Gasteiger partial charge in [-0.2, -0.15) is 0 Å². The van der Waals surface area contributed by atoms with E-state index in [9.17, 15) is 0 Å². The van der Waals surface area contributed by atoms with Crippen LogP contribution in [0, 0.1) is 0 Å². The molecule has 0 amide bonds. The summed E-state index contributed by atoms with van der Waals surface area (Å²) < 4.78 is 0. The molecule has 8 rings (SSSR count). The van der Waals surface area contributed by atoms with Crippen LogP contribution in [0.4, 0.5) is 0 Å². The van der Waals surface area contributed by atoms with E-state index in [0.717, 1.165) is 11.5 Å².